The van der Waals surface area contributed by atoms with Crippen molar-refractivity contribution in [3.8, 4) is 6.07 Å². The normalized spacial score (nSPS) is 12.8. The molecule has 0 aliphatic heterocycles. The molecule has 0 aliphatic rings. The summed E-state index contributed by atoms with van der Waals surface area (Å²) in [4.78, 5) is 3.41. The number of rotatable bonds is 3. The summed E-state index contributed by atoms with van der Waals surface area (Å²) >= 11 is 1.75. The van der Waals surface area contributed by atoms with Crippen LogP contribution in [0.15, 0.2) is 11.4 Å². The lowest BCUT2D eigenvalue weighted by Crippen LogP contribution is -2.26. The van der Waals surface area contributed by atoms with Gasteiger partial charge in [-0.1, -0.05) is 0 Å². The predicted molar refractivity (Wildman–Crippen MR) is 55.6 cm³/mol. The molecule has 13 heavy (non-hydrogen) atoms. The average Bonchev–Trinajstić information content (AvgIpc) is 2.50. The van der Waals surface area contributed by atoms with Gasteiger partial charge in [0, 0.05) is 11.4 Å². The Hall–Kier alpha value is -0.850. The molecule has 0 aliphatic carbocycles. The van der Waals surface area contributed by atoms with Crippen LogP contribution in [0.25, 0.3) is 0 Å². The molecule has 1 aromatic heterocycles. The Balaban J connectivity index is 2.60. The molecule has 1 atom stereocenters. The van der Waals surface area contributed by atoms with Crippen LogP contribution < -0.4 is 0 Å². The monoisotopic (exact) mass is 194 g/mol. The maximum atomic E-state index is 8.71. The number of nitrogens with zero attached hydrogens (tertiary/aromatic N) is 2. The Morgan fingerprint density at radius 3 is 2.85 bits per heavy atom. The Morgan fingerprint density at radius 2 is 2.38 bits per heavy atom. The number of aryl methyl sites for hydroxylation is 1. The van der Waals surface area contributed by atoms with Gasteiger partial charge in [0.2, 0.25) is 0 Å². The summed E-state index contributed by atoms with van der Waals surface area (Å²) in [7, 11) is 1.98. The molecule has 1 unspecified atom stereocenters. The Bertz CT molecular complexity index is 311. The zero-order chi connectivity index (χ0) is 9.84. The molecule has 0 fully saturated rings. The van der Waals surface area contributed by atoms with E-state index in [1.54, 1.807) is 11.3 Å². The van der Waals surface area contributed by atoms with Crippen molar-refractivity contribution in [1.82, 2.24) is 4.90 Å². The quantitative estimate of drug-likeness (QED) is 0.738. The van der Waals surface area contributed by atoms with Gasteiger partial charge in [-0.2, -0.15) is 5.26 Å². The van der Waals surface area contributed by atoms with Crippen molar-refractivity contribution in [2.75, 3.05) is 7.05 Å². The van der Waals surface area contributed by atoms with Crippen LogP contribution in [0.4, 0.5) is 0 Å². The SMILES string of the molecule is Cc1ccsc1CN(C)C(C)C#N. The molecule has 1 aromatic rings. The summed E-state index contributed by atoms with van der Waals surface area (Å²) in [6.07, 6.45) is 0. The van der Waals surface area contributed by atoms with Gasteiger partial charge in [-0.3, -0.25) is 4.90 Å². The zero-order valence-corrected chi connectivity index (χ0v) is 9.06. The summed E-state index contributed by atoms with van der Waals surface area (Å²) in [6, 6.07) is 4.33. The summed E-state index contributed by atoms with van der Waals surface area (Å²) in [5.74, 6) is 0. The van der Waals surface area contributed by atoms with E-state index in [9.17, 15) is 0 Å². The Morgan fingerprint density at radius 1 is 1.69 bits per heavy atom. The highest BCUT2D eigenvalue weighted by molar-refractivity contribution is 7.10. The van der Waals surface area contributed by atoms with E-state index in [1.807, 2.05) is 14.0 Å². The van der Waals surface area contributed by atoms with E-state index in [1.165, 1.54) is 10.4 Å². The molecule has 0 radical (unpaired) electrons. The molecule has 0 N–H and O–H groups in total. The van der Waals surface area contributed by atoms with Crippen molar-refractivity contribution in [3.63, 3.8) is 0 Å². The second-order valence-electron chi connectivity index (χ2n) is 3.25. The minimum atomic E-state index is -0.0125. The summed E-state index contributed by atoms with van der Waals surface area (Å²) in [5.41, 5.74) is 1.32. The van der Waals surface area contributed by atoms with E-state index in [2.05, 4.69) is 29.3 Å². The molecule has 0 spiro atoms. The van der Waals surface area contributed by atoms with Crippen LogP contribution in [0.2, 0.25) is 0 Å². The van der Waals surface area contributed by atoms with Gasteiger partial charge in [-0.25, -0.2) is 0 Å². The van der Waals surface area contributed by atoms with Crippen molar-refractivity contribution in [3.05, 3.63) is 21.9 Å². The lowest BCUT2D eigenvalue weighted by molar-refractivity contribution is 0.296. The van der Waals surface area contributed by atoms with E-state index in [0.29, 0.717) is 0 Å². The van der Waals surface area contributed by atoms with Gasteiger partial charge in [0.15, 0.2) is 0 Å². The first-order valence-corrected chi connectivity index (χ1v) is 5.16. The first-order valence-electron chi connectivity index (χ1n) is 4.28. The average molecular weight is 194 g/mol. The molecule has 0 saturated carbocycles. The smallest absolute Gasteiger partial charge is 0.0950 e. The third kappa shape index (κ3) is 2.55. The standard InChI is InChI=1S/C10H14N2S/c1-8-4-5-13-10(8)7-12(3)9(2)6-11/h4-5,9H,7H2,1-3H3. The van der Waals surface area contributed by atoms with Crippen molar-refractivity contribution in [2.24, 2.45) is 0 Å². The Labute approximate surface area is 83.4 Å². The molecule has 0 aromatic carbocycles. The van der Waals surface area contributed by atoms with Crippen LogP contribution in [-0.4, -0.2) is 18.0 Å². The molecular formula is C10H14N2S. The summed E-state index contributed by atoms with van der Waals surface area (Å²) in [6.45, 7) is 4.90. The van der Waals surface area contributed by atoms with Gasteiger partial charge >= 0.3 is 0 Å². The van der Waals surface area contributed by atoms with Crippen molar-refractivity contribution < 1.29 is 0 Å². The molecule has 1 rings (SSSR count). The van der Waals surface area contributed by atoms with Crippen LogP contribution in [-0.2, 0) is 6.54 Å². The van der Waals surface area contributed by atoms with E-state index >= 15 is 0 Å². The zero-order valence-electron chi connectivity index (χ0n) is 8.24. The van der Waals surface area contributed by atoms with Gasteiger partial charge in [-0.05, 0) is 37.9 Å². The van der Waals surface area contributed by atoms with E-state index in [0.717, 1.165) is 6.54 Å². The number of nitriles is 1. The lowest BCUT2D eigenvalue weighted by atomic mass is 10.2. The highest BCUT2D eigenvalue weighted by Gasteiger charge is 2.09. The summed E-state index contributed by atoms with van der Waals surface area (Å²) in [5, 5.41) is 10.8. The largest absolute Gasteiger partial charge is 0.286 e. The van der Waals surface area contributed by atoms with Gasteiger partial charge in [-0.15, -0.1) is 11.3 Å². The van der Waals surface area contributed by atoms with E-state index in [-0.39, 0.29) is 6.04 Å². The number of hydrogen-bond donors (Lipinski definition) is 0. The molecule has 70 valence electrons. The van der Waals surface area contributed by atoms with Crippen LogP contribution in [0.1, 0.15) is 17.4 Å². The van der Waals surface area contributed by atoms with Crippen molar-refractivity contribution in [1.29, 1.82) is 5.26 Å². The van der Waals surface area contributed by atoms with Crippen LogP contribution in [0, 0.1) is 18.3 Å². The molecule has 0 amide bonds. The fraction of sp³-hybridized carbons (Fsp3) is 0.500. The topological polar surface area (TPSA) is 27.0 Å². The van der Waals surface area contributed by atoms with E-state index < -0.39 is 0 Å². The van der Waals surface area contributed by atoms with Gasteiger partial charge in [0.05, 0.1) is 12.1 Å². The second-order valence-corrected chi connectivity index (χ2v) is 4.25. The van der Waals surface area contributed by atoms with Gasteiger partial charge in [0.25, 0.3) is 0 Å². The molecule has 3 heteroatoms. The third-order valence-corrected chi connectivity index (χ3v) is 3.22. The highest BCUT2D eigenvalue weighted by atomic mass is 32.1. The van der Waals surface area contributed by atoms with Gasteiger partial charge in [0.1, 0.15) is 0 Å². The highest BCUT2D eigenvalue weighted by Crippen LogP contribution is 2.17. The Kier molecular flexibility index (Phi) is 3.47. The van der Waals surface area contributed by atoms with Gasteiger partial charge < -0.3 is 0 Å². The maximum Gasteiger partial charge on any atom is 0.0950 e. The number of thiophene rings is 1. The molecule has 2 nitrogen and oxygen atoms in total. The van der Waals surface area contributed by atoms with Crippen molar-refractivity contribution in [2.45, 2.75) is 26.4 Å². The fourth-order valence-corrected chi connectivity index (χ4v) is 2.00. The minimum absolute atomic E-state index is 0.0125. The van der Waals surface area contributed by atoms with Crippen molar-refractivity contribution >= 4 is 11.3 Å². The molecule has 1 heterocycles. The lowest BCUT2D eigenvalue weighted by Gasteiger charge is -2.18. The first-order chi connectivity index (χ1) is 6.15. The van der Waals surface area contributed by atoms with Crippen LogP contribution in [0.5, 0.6) is 0 Å². The fourth-order valence-electron chi connectivity index (χ4n) is 1.03. The molecule has 0 saturated heterocycles. The number of hydrogen-bond acceptors (Lipinski definition) is 3. The maximum absolute atomic E-state index is 8.71. The first kappa shape index (κ1) is 10.2. The van der Waals surface area contributed by atoms with Crippen LogP contribution in [0.3, 0.4) is 0 Å². The molecule has 0 bridgehead atoms. The van der Waals surface area contributed by atoms with Crippen LogP contribution >= 0.6 is 11.3 Å². The second kappa shape index (κ2) is 4.40. The molecular weight excluding hydrogens is 180 g/mol. The minimum Gasteiger partial charge on any atom is -0.286 e. The predicted octanol–water partition coefficient (Wildman–Crippen LogP) is 2.40. The van der Waals surface area contributed by atoms with E-state index in [4.69, 9.17) is 5.26 Å². The third-order valence-electron chi connectivity index (χ3n) is 2.21. The summed E-state index contributed by atoms with van der Waals surface area (Å²) < 4.78 is 0.